The van der Waals surface area contributed by atoms with Gasteiger partial charge >= 0.3 is 5.97 Å². The first-order valence-corrected chi connectivity index (χ1v) is 6.27. The summed E-state index contributed by atoms with van der Waals surface area (Å²) in [6, 6.07) is 8.50. The molecule has 2 aromatic carbocycles. The Morgan fingerprint density at radius 3 is 2.81 bits per heavy atom. The summed E-state index contributed by atoms with van der Waals surface area (Å²) in [4.78, 5) is 15.0. The van der Waals surface area contributed by atoms with Gasteiger partial charge in [-0.25, -0.2) is 9.18 Å². The lowest BCUT2D eigenvalue weighted by Gasteiger charge is -2.02. The van der Waals surface area contributed by atoms with Crippen LogP contribution in [0, 0.1) is 5.82 Å². The van der Waals surface area contributed by atoms with Crippen LogP contribution in [-0.2, 0) is 0 Å². The Morgan fingerprint density at radius 2 is 2.10 bits per heavy atom. The summed E-state index contributed by atoms with van der Waals surface area (Å²) in [5.41, 5.74) is 1.01. The number of carboxylic acids is 1. The predicted molar refractivity (Wildman–Crippen MR) is 75.7 cm³/mol. The first-order valence-electron chi connectivity index (χ1n) is 5.89. The van der Waals surface area contributed by atoms with Gasteiger partial charge in [0.15, 0.2) is 5.58 Å². The Kier molecular flexibility index (Phi) is 3.23. The number of aromatic nitrogens is 1. The zero-order valence-electron chi connectivity index (χ0n) is 10.4. The summed E-state index contributed by atoms with van der Waals surface area (Å²) in [6.45, 7) is 0. The van der Waals surface area contributed by atoms with Crippen LogP contribution in [0.4, 0.5) is 16.1 Å². The van der Waals surface area contributed by atoms with E-state index in [0.29, 0.717) is 11.1 Å². The molecule has 0 aliphatic carbocycles. The topological polar surface area (TPSA) is 75.4 Å². The lowest BCUT2D eigenvalue weighted by atomic mass is 10.2. The van der Waals surface area contributed by atoms with E-state index >= 15 is 0 Å². The van der Waals surface area contributed by atoms with E-state index in [1.165, 1.54) is 30.3 Å². The van der Waals surface area contributed by atoms with Crippen molar-refractivity contribution < 1.29 is 18.7 Å². The van der Waals surface area contributed by atoms with Gasteiger partial charge in [0.05, 0.1) is 11.3 Å². The number of nitrogens with one attached hydrogen (secondary N) is 1. The molecule has 0 bridgehead atoms. The Labute approximate surface area is 123 Å². The first-order chi connectivity index (χ1) is 10.0. The van der Waals surface area contributed by atoms with E-state index in [9.17, 15) is 9.18 Å². The molecule has 106 valence electrons. The molecule has 0 saturated heterocycles. The smallest absolute Gasteiger partial charge is 0.335 e. The number of nitrogens with zero attached hydrogens (tertiary/aromatic N) is 1. The molecule has 0 saturated carbocycles. The minimum Gasteiger partial charge on any atom is -0.478 e. The molecule has 0 unspecified atom stereocenters. The van der Waals surface area contributed by atoms with Gasteiger partial charge in [0.25, 0.3) is 6.01 Å². The van der Waals surface area contributed by atoms with Gasteiger partial charge in [-0.3, -0.25) is 0 Å². The van der Waals surface area contributed by atoms with Gasteiger partial charge < -0.3 is 14.8 Å². The van der Waals surface area contributed by atoms with E-state index in [-0.39, 0.29) is 22.3 Å². The van der Waals surface area contributed by atoms with Crippen molar-refractivity contribution in [2.75, 3.05) is 5.32 Å². The molecule has 1 aromatic heterocycles. The minimum absolute atomic E-state index is 0.0637. The van der Waals surface area contributed by atoms with Crippen molar-refractivity contribution in [3.05, 3.63) is 52.8 Å². The highest BCUT2D eigenvalue weighted by Gasteiger charge is 2.11. The zero-order valence-corrected chi connectivity index (χ0v) is 11.2. The number of rotatable bonds is 3. The quantitative estimate of drug-likeness (QED) is 0.763. The van der Waals surface area contributed by atoms with Crippen molar-refractivity contribution in [2.24, 2.45) is 0 Å². The highest BCUT2D eigenvalue weighted by Crippen LogP contribution is 2.25. The molecule has 1 heterocycles. The number of aromatic carboxylic acids is 1. The summed E-state index contributed by atoms with van der Waals surface area (Å²) < 4.78 is 19.0. The maximum absolute atomic E-state index is 13.7. The van der Waals surface area contributed by atoms with E-state index in [2.05, 4.69) is 10.3 Å². The number of halogens is 2. The molecule has 5 nitrogen and oxygen atoms in total. The van der Waals surface area contributed by atoms with Crippen molar-refractivity contribution in [1.29, 1.82) is 0 Å². The third-order valence-electron chi connectivity index (χ3n) is 2.81. The Hall–Kier alpha value is -2.60. The largest absolute Gasteiger partial charge is 0.478 e. The van der Waals surface area contributed by atoms with Gasteiger partial charge in [-0.1, -0.05) is 11.6 Å². The first kappa shape index (κ1) is 13.4. The van der Waals surface area contributed by atoms with Crippen molar-refractivity contribution in [3.8, 4) is 0 Å². The predicted octanol–water partition coefficient (Wildman–Crippen LogP) is 4.06. The van der Waals surface area contributed by atoms with Crippen molar-refractivity contribution in [1.82, 2.24) is 4.98 Å². The molecular weight excluding hydrogens is 299 g/mol. The van der Waals surface area contributed by atoms with Gasteiger partial charge in [-0.15, -0.1) is 0 Å². The molecule has 0 aliphatic heterocycles. The SMILES string of the molecule is O=C(O)c1ccc2nc(Nc3ccc(Cl)cc3F)oc2c1. The molecule has 7 heteroatoms. The van der Waals surface area contributed by atoms with Crippen LogP contribution >= 0.6 is 11.6 Å². The molecule has 0 atom stereocenters. The normalized spacial score (nSPS) is 10.8. The Balaban J connectivity index is 1.95. The highest BCUT2D eigenvalue weighted by atomic mass is 35.5. The fourth-order valence-electron chi connectivity index (χ4n) is 1.82. The molecule has 3 rings (SSSR count). The van der Waals surface area contributed by atoms with E-state index in [0.717, 1.165) is 6.07 Å². The molecule has 0 spiro atoms. The van der Waals surface area contributed by atoms with Gasteiger partial charge in [0.2, 0.25) is 0 Å². The van der Waals surface area contributed by atoms with Crippen LogP contribution in [0.2, 0.25) is 5.02 Å². The van der Waals surface area contributed by atoms with Gasteiger partial charge in [0.1, 0.15) is 11.3 Å². The lowest BCUT2D eigenvalue weighted by Crippen LogP contribution is -1.94. The lowest BCUT2D eigenvalue weighted by molar-refractivity contribution is 0.0697. The highest BCUT2D eigenvalue weighted by molar-refractivity contribution is 6.30. The maximum atomic E-state index is 13.7. The number of carboxylic acid groups (broad SMARTS) is 1. The average Bonchev–Trinajstić information content (AvgIpc) is 2.83. The molecule has 0 fully saturated rings. The third-order valence-corrected chi connectivity index (χ3v) is 3.04. The van der Waals surface area contributed by atoms with E-state index in [1.54, 1.807) is 0 Å². The van der Waals surface area contributed by atoms with Crippen molar-refractivity contribution >= 4 is 40.4 Å². The number of anilines is 2. The number of fused-ring (bicyclic) bond motifs is 1. The maximum Gasteiger partial charge on any atom is 0.335 e. The van der Waals surface area contributed by atoms with Crippen LogP contribution in [0.1, 0.15) is 10.4 Å². The number of carbonyl (C=O) groups is 1. The fourth-order valence-corrected chi connectivity index (χ4v) is 1.98. The van der Waals surface area contributed by atoms with Crippen molar-refractivity contribution in [3.63, 3.8) is 0 Å². The summed E-state index contributed by atoms with van der Waals surface area (Å²) >= 11 is 5.67. The number of hydrogen-bond acceptors (Lipinski definition) is 4. The van der Waals surface area contributed by atoms with Crippen LogP contribution in [0.5, 0.6) is 0 Å². The Bertz CT molecular complexity index is 847. The molecule has 0 radical (unpaired) electrons. The van der Waals surface area contributed by atoms with Crippen LogP contribution in [-0.4, -0.2) is 16.1 Å². The van der Waals surface area contributed by atoms with Crippen LogP contribution < -0.4 is 5.32 Å². The number of hydrogen-bond donors (Lipinski definition) is 2. The average molecular weight is 307 g/mol. The summed E-state index contributed by atoms with van der Waals surface area (Å²) in [7, 11) is 0. The Morgan fingerprint density at radius 1 is 1.29 bits per heavy atom. The third kappa shape index (κ3) is 2.66. The van der Waals surface area contributed by atoms with Gasteiger partial charge in [-0.2, -0.15) is 4.98 Å². The molecule has 0 amide bonds. The van der Waals surface area contributed by atoms with E-state index < -0.39 is 11.8 Å². The van der Waals surface area contributed by atoms with Crippen LogP contribution in [0.25, 0.3) is 11.1 Å². The van der Waals surface area contributed by atoms with Crippen molar-refractivity contribution in [2.45, 2.75) is 0 Å². The second-order valence-electron chi connectivity index (χ2n) is 4.26. The summed E-state index contributed by atoms with van der Waals surface area (Å²) in [6.07, 6.45) is 0. The summed E-state index contributed by atoms with van der Waals surface area (Å²) in [5, 5.41) is 11.9. The van der Waals surface area contributed by atoms with Gasteiger partial charge in [-0.05, 0) is 36.4 Å². The molecule has 2 N–H and O–H groups in total. The van der Waals surface area contributed by atoms with E-state index in [1.807, 2.05) is 0 Å². The van der Waals surface area contributed by atoms with Crippen LogP contribution in [0.3, 0.4) is 0 Å². The fraction of sp³-hybridized carbons (Fsp3) is 0. The standard InChI is InChI=1S/C14H8ClFN2O3/c15-8-2-4-10(9(16)6-8)17-14-18-11-3-1-7(13(19)20)5-12(11)21-14/h1-6H,(H,17,18)(H,19,20). The van der Waals surface area contributed by atoms with Crippen LogP contribution in [0.15, 0.2) is 40.8 Å². The second-order valence-corrected chi connectivity index (χ2v) is 4.69. The zero-order chi connectivity index (χ0) is 15.0. The van der Waals surface area contributed by atoms with Gasteiger partial charge in [0, 0.05) is 5.02 Å². The van der Waals surface area contributed by atoms with E-state index in [4.69, 9.17) is 21.1 Å². The monoisotopic (exact) mass is 306 g/mol. The second kappa shape index (κ2) is 5.06. The molecule has 3 aromatic rings. The minimum atomic E-state index is -1.06. The number of benzene rings is 2. The molecule has 21 heavy (non-hydrogen) atoms. The molecular formula is C14H8ClFN2O3. The number of oxazole rings is 1. The summed E-state index contributed by atoms with van der Waals surface area (Å²) in [5.74, 6) is -1.61. The molecule has 0 aliphatic rings.